The molecule has 0 atom stereocenters. The Kier molecular flexibility index (Phi) is 1.75. The Labute approximate surface area is 74.4 Å². The molecule has 6 nitrogen and oxygen atoms in total. The Morgan fingerprint density at radius 2 is 2.54 bits per heavy atom. The Morgan fingerprint density at radius 1 is 1.69 bits per heavy atom. The lowest BCUT2D eigenvalue weighted by Gasteiger charge is -2.05. The predicted molar refractivity (Wildman–Crippen MR) is 48.6 cm³/mol. The number of hydrazine groups is 1. The highest BCUT2D eigenvalue weighted by Crippen LogP contribution is 2.16. The zero-order valence-electron chi connectivity index (χ0n) is 6.82. The van der Waals surface area contributed by atoms with Crippen LogP contribution in [0.2, 0.25) is 0 Å². The van der Waals surface area contributed by atoms with Gasteiger partial charge in [-0.3, -0.25) is 15.0 Å². The Balaban J connectivity index is 2.36. The van der Waals surface area contributed by atoms with Gasteiger partial charge in [0.05, 0.1) is 5.69 Å². The summed E-state index contributed by atoms with van der Waals surface area (Å²) >= 11 is 0. The third-order valence-corrected chi connectivity index (χ3v) is 1.81. The SMILES string of the molecule is NNC(=O)n1cc2c(c1)NCN=C2. The quantitative estimate of drug-likeness (QED) is 0.291. The van der Waals surface area contributed by atoms with Crippen molar-refractivity contribution in [2.75, 3.05) is 12.0 Å². The normalized spacial score (nSPS) is 13.3. The molecule has 0 saturated heterocycles. The number of nitrogens with two attached hydrogens (primary N) is 1. The second-order valence-electron chi connectivity index (χ2n) is 2.63. The van der Waals surface area contributed by atoms with Crippen molar-refractivity contribution >= 4 is 17.9 Å². The summed E-state index contributed by atoms with van der Waals surface area (Å²) in [7, 11) is 0. The Hall–Kier alpha value is -1.82. The first-order valence-corrected chi connectivity index (χ1v) is 3.78. The van der Waals surface area contributed by atoms with Crippen molar-refractivity contribution in [3.63, 3.8) is 0 Å². The number of hydrogen-bond acceptors (Lipinski definition) is 4. The van der Waals surface area contributed by atoms with Crippen LogP contribution in [0.15, 0.2) is 17.4 Å². The minimum Gasteiger partial charge on any atom is -0.364 e. The fourth-order valence-electron chi connectivity index (χ4n) is 1.19. The Bertz CT molecular complexity index is 367. The van der Waals surface area contributed by atoms with E-state index in [4.69, 9.17) is 5.84 Å². The first-order valence-electron chi connectivity index (χ1n) is 3.78. The number of carbonyl (C=O) groups excluding carboxylic acids is 1. The summed E-state index contributed by atoms with van der Waals surface area (Å²) in [5, 5.41) is 3.02. The van der Waals surface area contributed by atoms with Gasteiger partial charge in [0.2, 0.25) is 0 Å². The zero-order valence-corrected chi connectivity index (χ0v) is 6.82. The monoisotopic (exact) mass is 179 g/mol. The van der Waals surface area contributed by atoms with Crippen LogP contribution in [-0.4, -0.2) is 23.5 Å². The summed E-state index contributed by atoms with van der Waals surface area (Å²) in [4.78, 5) is 15.1. The number of nitrogen functional groups attached to an aromatic ring is 1. The van der Waals surface area contributed by atoms with E-state index in [1.54, 1.807) is 18.6 Å². The summed E-state index contributed by atoms with van der Waals surface area (Å²) in [5.74, 6) is 4.99. The minimum atomic E-state index is -0.371. The van der Waals surface area contributed by atoms with Crippen molar-refractivity contribution in [2.24, 2.45) is 10.8 Å². The lowest BCUT2D eigenvalue weighted by Crippen LogP contribution is -2.33. The molecule has 0 fully saturated rings. The summed E-state index contributed by atoms with van der Waals surface area (Å²) in [6.45, 7) is 0.543. The molecule has 0 unspecified atom stereocenters. The average molecular weight is 179 g/mol. The third kappa shape index (κ3) is 1.27. The number of anilines is 1. The number of nitrogens with zero attached hydrogens (tertiary/aromatic N) is 2. The van der Waals surface area contributed by atoms with Gasteiger partial charge in [-0.05, 0) is 0 Å². The molecule has 0 aromatic carbocycles. The van der Waals surface area contributed by atoms with Gasteiger partial charge in [0.1, 0.15) is 6.67 Å². The topological polar surface area (TPSA) is 84.4 Å². The first kappa shape index (κ1) is 7.81. The highest BCUT2D eigenvalue weighted by atomic mass is 16.2. The van der Waals surface area contributed by atoms with Gasteiger partial charge in [-0.1, -0.05) is 0 Å². The van der Waals surface area contributed by atoms with Crippen LogP contribution < -0.4 is 16.6 Å². The van der Waals surface area contributed by atoms with Gasteiger partial charge in [0.15, 0.2) is 0 Å². The average Bonchev–Trinajstić information content (AvgIpc) is 2.59. The summed E-state index contributed by atoms with van der Waals surface area (Å²) < 4.78 is 1.37. The number of fused-ring (bicyclic) bond motifs is 1. The molecule has 0 saturated carbocycles. The van der Waals surface area contributed by atoms with E-state index < -0.39 is 0 Å². The van der Waals surface area contributed by atoms with Crippen molar-refractivity contribution < 1.29 is 4.79 Å². The molecule has 13 heavy (non-hydrogen) atoms. The van der Waals surface area contributed by atoms with Crippen molar-refractivity contribution in [3.8, 4) is 0 Å². The number of aliphatic imine (C=N–C) groups is 1. The van der Waals surface area contributed by atoms with E-state index >= 15 is 0 Å². The van der Waals surface area contributed by atoms with Gasteiger partial charge in [-0.2, -0.15) is 0 Å². The van der Waals surface area contributed by atoms with Gasteiger partial charge < -0.3 is 5.32 Å². The van der Waals surface area contributed by atoms with Crippen LogP contribution in [-0.2, 0) is 0 Å². The number of rotatable bonds is 0. The molecular formula is C7H9N5O. The molecule has 1 aromatic heterocycles. The van der Waals surface area contributed by atoms with E-state index in [9.17, 15) is 4.79 Å². The number of hydrogen-bond donors (Lipinski definition) is 3. The van der Waals surface area contributed by atoms with Crippen LogP contribution >= 0.6 is 0 Å². The van der Waals surface area contributed by atoms with Crippen LogP contribution in [0.25, 0.3) is 0 Å². The predicted octanol–water partition coefficient (Wildman–Crippen LogP) is -0.279. The fraction of sp³-hybridized carbons (Fsp3) is 0.143. The van der Waals surface area contributed by atoms with Gasteiger partial charge in [-0.15, -0.1) is 0 Å². The largest absolute Gasteiger partial charge is 0.364 e. The van der Waals surface area contributed by atoms with Crippen molar-refractivity contribution in [3.05, 3.63) is 18.0 Å². The lowest BCUT2D eigenvalue weighted by atomic mass is 10.3. The van der Waals surface area contributed by atoms with Gasteiger partial charge >= 0.3 is 6.03 Å². The second kappa shape index (κ2) is 2.91. The van der Waals surface area contributed by atoms with Crippen LogP contribution in [0.4, 0.5) is 10.5 Å². The number of carbonyl (C=O) groups is 1. The molecular weight excluding hydrogens is 170 g/mol. The lowest BCUT2D eigenvalue weighted by molar-refractivity contribution is 0.242. The van der Waals surface area contributed by atoms with E-state index in [1.165, 1.54) is 4.57 Å². The van der Waals surface area contributed by atoms with Crippen LogP contribution in [0, 0.1) is 0 Å². The van der Waals surface area contributed by atoms with E-state index in [0.717, 1.165) is 11.3 Å². The van der Waals surface area contributed by atoms with E-state index in [1.807, 2.05) is 5.43 Å². The van der Waals surface area contributed by atoms with Crippen LogP contribution in [0.1, 0.15) is 5.56 Å². The van der Waals surface area contributed by atoms with Gasteiger partial charge in [-0.25, -0.2) is 10.6 Å². The molecule has 1 aromatic rings. The third-order valence-electron chi connectivity index (χ3n) is 1.81. The maximum Gasteiger partial charge on any atom is 0.339 e. The van der Waals surface area contributed by atoms with Gasteiger partial charge in [0.25, 0.3) is 0 Å². The molecule has 68 valence electrons. The van der Waals surface area contributed by atoms with Crippen LogP contribution in [0.5, 0.6) is 0 Å². The van der Waals surface area contributed by atoms with E-state index in [0.29, 0.717) is 6.67 Å². The highest BCUT2D eigenvalue weighted by Gasteiger charge is 2.10. The molecule has 0 spiro atoms. The molecule has 0 aliphatic carbocycles. The second-order valence-corrected chi connectivity index (χ2v) is 2.63. The standard InChI is InChI=1S/C7H9N5O/c8-11-7(13)12-2-5-1-9-4-10-6(5)3-12/h1-3,10H,4,8H2,(H,11,13). The molecule has 1 amide bonds. The number of nitrogens with one attached hydrogen (secondary N) is 2. The molecule has 4 N–H and O–H groups in total. The van der Waals surface area contributed by atoms with Crippen LogP contribution in [0.3, 0.4) is 0 Å². The molecule has 0 radical (unpaired) electrons. The highest BCUT2D eigenvalue weighted by molar-refractivity contribution is 5.91. The maximum atomic E-state index is 11.1. The molecule has 2 heterocycles. The number of amides is 1. The van der Waals surface area contributed by atoms with Crippen molar-refractivity contribution in [2.45, 2.75) is 0 Å². The molecule has 6 heteroatoms. The van der Waals surface area contributed by atoms with Crippen molar-refractivity contribution in [1.29, 1.82) is 0 Å². The smallest absolute Gasteiger partial charge is 0.339 e. The zero-order chi connectivity index (χ0) is 9.26. The Morgan fingerprint density at radius 3 is 3.23 bits per heavy atom. The van der Waals surface area contributed by atoms with E-state index in [2.05, 4.69) is 10.3 Å². The summed E-state index contributed by atoms with van der Waals surface area (Å²) in [5.41, 5.74) is 3.81. The van der Waals surface area contributed by atoms with E-state index in [-0.39, 0.29) is 6.03 Å². The first-order chi connectivity index (χ1) is 6.31. The molecule has 1 aliphatic heterocycles. The molecule has 0 bridgehead atoms. The van der Waals surface area contributed by atoms with Gasteiger partial charge in [0, 0.05) is 24.2 Å². The fourth-order valence-corrected chi connectivity index (χ4v) is 1.19. The number of aromatic nitrogens is 1. The summed E-state index contributed by atoms with van der Waals surface area (Å²) in [6.07, 6.45) is 5.04. The maximum absolute atomic E-state index is 11.1. The molecule has 1 aliphatic rings. The summed E-state index contributed by atoms with van der Waals surface area (Å²) in [6, 6.07) is -0.371. The minimum absolute atomic E-state index is 0.371. The van der Waals surface area contributed by atoms with Crippen molar-refractivity contribution in [1.82, 2.24) is 9.99 Å². The molecule has 2 rings (SSSR count).